The Morgan fingerprint density at radius 1 is 0.925 bits per heavy atom. The summed E-state index contributed by atoms with van der Waals surface area (Å²) < 4.78 is 27.4. The molecule has 4 rings (SSSR count). The molecule has 0 amide bonds. The minimum atomic E-state index is -3.86. The minimum absolute atomic E-state index is 0.0573. The molecule has 8 nitrogen and oxygen atoms in total. The molecule has 0 radical (unpaired) electrons. The first-order chi connectivity index (χ1) is 18.9. The second kappa shape index (κ2) is 11.8. The molecule has 210 valence electrons. The second-order valence-corrected chi connectivity index (χ2v) is 12.7. The van der Waals surface area contributed by atoms with E-state index in [1.807, 2.05) is 26.0 Å². The molecule has 0 spiro atoms. The van der Waals surface area contributed by atoms with Crippen LogP contribution in [0, 0.1) is 0 Å². The van der Waals surface area contributed by atoms with E-state index in [1.165, 1.54) is 47.6 Å². The number of aromatic carboxylic acids is 1. The number of likely N-dealkylation sites (N-methyl/N-ethyl adjacent to an activating group) is 1. The minimum Gasteiger partial charge on any atom is -0.507 e. The molecule has 0 aliphatic rings. The van der Waals surface area contributed by atoms with Gasteiger partial charge in [0.15, 0.2) is 0 Å². The molecule has 0 heterocycles. The van der Waals surface area contributed by atoms with Crippen LogP contribution in [0.5, 0.6) is 5.75 Å². The molecule has 0 saturated carbocycles. The number of carboxylic acid groups (broad SMARTS) is 1. The van der Waals surface area contributed by atoms with Crippen molar-refractivity contribution in [2.45, 2.75) is 36.8 Å². The van der Waals surface area contributed by atoms with Crippen LogP contribution < -0.4 is 5.32 Å². The van der Waals surface area contributed by atoms with Gasteiger partial charge in [0.25, 0.3) is 0 Å². The van der Waals surface area contributed by atoms with E-state index < -0.39 is 22.1 Å². The lowest BCUT2D eigenvalue weighted by Crippen LogP contribution is -2.47. The lowest BCUT2D eigenvalue weighted by atomic mass is 9.93. The maximum absolute atomic E-state index is 13.1. The van der Waals surface area contributed by atoms with Gasteiger partial charge in [-0.15, -0.1) is 0 Å². The van der Waals surface area contributed by atoms with Crippen molar-refractivity contribution in [3.63, 3.8) is 0 Å². The summed E-state index contributed by atoms with van der Waals surface area (Å²) >= 11 is 0. The Morgan fingerprint density at radius 2 is 1.57 bits per heavy atom. The topological polar surface area (TPSA) is 127 Å². The van der Waals surface area contributed by atoms with Crippen LogP contribution in [-0.4, -0.2) is 65.8 Å². The van der Waals surface area contributed by atoms with E-state index in [0.717, 1.165) is 10.7 Å². The average Bonchev–Trinajstić information content (AvgIpc) is 2.91. The van der Waals surface area contributed by atoms with Gasteiger partial charge >= 0.3 is 5.97 Å². The van der Waals surface area contributed by atoms with Crippen LogP contribution in [-0.2, 0) is 16.4 Å². The van der Waals surface area contributed by atoms with Crippen molar-refractivity contribution in [2.75, 3.05) is 20.1 Å². The number of fused-ring (bicyclic) bond motifs is 1. The molecule has 0 unspecified atom stereocenters. The molecule has 4 aromatic rings. The summed E-state index contributed by atoms with van der Waals surface area (Å²) in [6, 6.07) is 24.8. The van der Waals surface area contributed by atoms with Gasteiger partial charge in [0.2, 0.25) is 10.0 Å². The van der Waals surface area contributed by atoms with Crippen molar-refractivity contribution in [3.8, 4) is 16.9 Å². The molecule has 0 saturated heterocycles. The summed E-state index contributed by atoms with van der Waals surface area (Å²) in [5.41, 5.74) is 1.80. The molecule has 40 heavy (non-hydrogen) atoms. The third-order valence-corrected chi connectivity index (χ3v) is 8.71. The molecule has 4 N–H and O–H groups in total. The van der Waals surface area contributed by atoms with Gasteiger partial charge in [0.05, 0.1) is 11.0 Å². The lowest BCUT2D eigenvalue weighted by molar-refractivity contribution is 0.0693. The summed E-state index contributed by atoms with van der Waals surface area (Å²) in [7, 11) is -2.44. The number of aromatic hydroxyl groups is 1. The highest BCUT2D eigenvalue weighted by Crippen LogP contribution is 2.28. The number of β-amino-alcohol motifs (C(OH)–C–C–N with tert-alkyl or cyclic N) is 1. The molecule has 1 atom stereocenters. The largest absolute Gasteiger partial charge is 0.507 e. The highest BCUT2D eigenvalue weighted by molar-refractivity contribution is 7.89. The quantitative estimate of drug-likeness (QED) is 0.212. The molecular weight excluding hydrogens is 528 g/mol. The Hall–Kier alpha value is -3.76. The molecule has 0 fully saturated rings. The number of rotatable bonds is 11. The van der Waals surface area contributed by atoms with Gasteiger partial charge in [-0.05, 0) is 72.0 Å². The fourth-order valence-electron chi connectivity index (χ4n) is 4.67. The smallest absolute Gasteiger partial charge is 0.339 e. The highest BCUT2D eigenvalue weighted by atomic mass is 32.2. The Morgan fingerprint density at radius 3 is 2.23 bits per heavy atom. The Kier molecular flexibility index (Phi) is 8.60. The number of nitrogens with zero attached hydrogens (tertiary/aromatic N) is 1. The number of hydrogen-bond acceptors (Lipinski definition) is 6. The van der Waals surface area contributed by atoms with Gasteiger partial charge in [-0.3, -0.25) is 0 Å². The standard InChI is InChI=1S/C31H34N2O6S/c1-31(2,18-21-8-9-22-6-4-5-7-24(22)16-21)32-19-26(34)20-33(3)40(38,39)27-13-10-23(11-14-27)25-12-15-28(30(36)37)29(35)17-25/h4-17,26,32,34-35H,18-20H2,1-3H3,(H,36,37)/t26-/m1/s1. The highest BCUT2D eigenvalue weighted by Gasteiger charge is 2.25. The third kappa shape index (κ3) is 6.86. The van der Waals surface area contributed by atoms with E-state index in [-0.39, 0.29) is 34.8 Å². The van der Waals surface area contributed by atoms with Crippen molar-refractivity contribution in [3.05, 3.63) is 96.1 Å². The summed E-state index contributed by atoms with van der Waals surface area (Å²) in [5.74, 6) is -1.61. The van der Waals surface area contributed by atoms with Crippen molar-refractivity contribution in [1.29, 1.82) is 0 Å². The summed E-state index contributed by atoms with van der Waals surface area (Å²) in [5, 5.41) is 35.4. The van der Waals surface area contributed by atoms with Crippen LogP contribution in [0.4, 0.5) is 0 Å². The van der Waals surface area contributed by atoms with Gasteiger partial charge in [-0.1, -0.05) is 60.7 Å². The van der Waals surface area contributed by atoms with E-state index in [4.69, 9.17) is 5.11 Å². The van der Waals surface area contributed by atoms with Crippen molar-refractivity contribution >= 4 is 26.8 Å². The monoisotopic (exact) mass is 562 g/mol. The summed E-state index contributed by atoms with van der Waals surface area (Å²) in [6.07, 6.45) is -0.187. The van der Waals surface area contributed by atoms with E-state index in [0.29, 0.717) is 11.1 Å². The maximum Gasteiger partial charge on any atom is 0.339 e. The third-order valence-electron chi connectivity index (χ3n) is 6.87. The van der Waals surface area contributed by atoms with Crippen LogP contribution in [0.2, 0.25) is 0 Å². The number of hydrogen-bond donors (Lipinski definition) is 4. The van der Waals surface area contributed by atoms with Gasteiger partial charge in [-0.2, -0.15) is 4.31 Å². The molecule has 9 heteroatoms. The van der Waals surface area contributed by atoms with Crippen LogP contribution in [0.3, 0.4) is 0 Å². The molecule has 0 aliphatic carbocycles. The molecule has 4 aromatic carbocycles. The zero-order valence-corrected chi connectivity index (χ0v) is 23.5. The molecule has 0 aromatic heterocycles. The van der Waals surface area contributed by atoms with Gasteiger partial charge in [-0.25, -0.2) is 13.2 Å². The first-order valence-corrected chi connectivity index (χ1v) is 14.3. The number of carboxylic acids is 1. The van der Waals surface area contributed by atoms with Gasteiger partial charge in [0, 0.05) is 25.7 Å². The van der Waals surface area contributed by atoms with Gasteiger partial charge in [0.1, 0.15) is 11.3 Å². The van der Waals surface area contributed by atoms with Crippen molar-refractivity contribution < 1.29 is 28.5 Å². The zero-order chi connectivity index (χ0) is 29.1. The Bertz CT molecular complexity index is 1620. The first-order valence-electron chi connectivity index (χ1n) is 12.9. The number of benzene rings is 4. The predicted molar refractivity (Wildman–Crippen MR) is 156 cm³/mol. The molecular formula is C31H34N2O6S. The summed E-state index contributed by atoms with van der Waals surface area (Å²) in [4.78, 5) is 11.2. The molecule has 0 bridgehead atoms. The van der Waals surface area contributed by atoms with E-state index in [9.17, 15) is 23.4 Å². The fraction of sp³-hybridized carbons (Fsp3) is 0.258. The normalized spacial score (nSPS) is 13.0. The Balaban J connectivity index is 1.35. The van der Waals surface area contributed by atoms with E-state index in [1.54, 1.807) is 18.2 Å². The SMILES string of the molecule is CN(C[C@H](O)CNC(C)(C)Cc1ccc2ccccc2c1)S(=O)(=O)c1ccc(-c2ccc(C(=O)O)c(O)c2)cc1. The molecule has 0 aliphatic heterocycles. The van der Waals surface area contributed by atoms with Gasteiger partial charge < -0.3 is 20.6 Å². The van der Waals surface area contributed by atoms with Crippen LogP contribution in [0.25, 0.3) is 21.9 Å². The van der Waals surface area contributed by atoms with Crippen LogP contribution in [0.1, 0.15) is 29.8 Å². The lowest BCUT2D eigenvalue weighted by Gasteiger charge is -2.29. The maximum atomic E-state index is 13.1. The zero-order valence-electron chi connectivity index (χ0n) is 22.7. The Labute approximate surface area is 234 Å². The number of carbonyl (C=O) groups is 1. The van der Waals surface area contributed by atoms with Crippen LogP contribution in [0.15, 0.2) is 89.8 Å². The van der Waals surface area contributed by atoms with Crippen molar-refractivity contribution in [1.82, 2.24) is 9.62 Å². The van der Waals surface area contributed by atoms with Crippen molar-refractivity contribution in [2.24, 2.45) is 0 Å². The van der Waals surface area contributed by atoms with Crippen LogP contribution >= 0.6 is 0 Å². The summed E-state index contributed by atoms with van der Waals surface area (Å²) in [6.45, 7) is 4.22. The second-order valence-electron chi connectivity index (χ2n) is 10.6. The first kappa shape index (κ1) is 29.2. The number of nitrogens with one attached hydrogen (secondary N) is 1. The number of aliphatic hydroxyl groups is 1. The number of sulfonamides is 1. The average molecular weight is 563 g/mol. The fourth-order valence-corrected chi connectivity index (χ4v) is 5.87. The van der Waals surface area contributed by atoms with E-state index >= 15 is 0 Å². The number of phenols is 1. The predicted octanol–water partition coefficient (Wildman–Crippen LogP) is 4.50. The number of aliphatic hydroxyl groups excluding tert-OH is 1. The van der Waals surface area contributed by atoms with E-state index in [2.05, 4.69) is 35.6 Å².